The average molecular weight is 314 g/mol. The largest absolute Gasteiger partial charge is 0.352 e. The summed E-state index contributed by atoms with van der Waals surface area (Å²) in [5, 5.41) is 12.1. The minimum absolute atomic E-state index is 0.0823. The smallest absolute Gasteiger partial charge is 0.234 e. The molecule has 0 saturated carbocycles. The number of nitrogens with one attached hydrogen (secondary N) is 1. The Morgan fingerprint density at radius 2 is 2.17 bits per heavy atom. The van der Waals surface area contributed by atoms with Crippen LogP contribution in [0.5, 0.6) is 0 Å². The highest BCUT2D eigenvalue weighted by atomic mass is 16.2. The highest BCUT2D eigenvalue weighted by Gasteiger charge is 2.20. The zero-order valence-corrected chi connectivity index (χ0v) is 14.1. The summed E-state index contributed by atoms with van der Waals surface area (Å²) in [5.41, 5.74) is 1.71. The van der Waals surface area contributed by atoms with Crippen LogP contribution in [0.15, 0.2) is 24.3 Å². The van der Waals surface area contributed by atoms with Gasteiger partial charge in [0, 0.05) is 25.7 Å². The highest BCUT2D eigenvalue weighted by molar-refractivity contribution is 5.78. The van der Waals surface area contributed by atoms with E-state index in [9.17, 15) is 4.79 Å². The molecule has 1 aliphatic rings. The van der Waals surface area contributed by atoms with Crippen molar-refractivity contribution in [2.45, 2.75) is 32.4 Å². The normalized spacial score (nSPS) is 16.3. The molecule has 23 heavy (non-hydrogen) atoms. The number of likely N-dealkylation sites (N-methyl/N-ethyl adjacent to an activating group) is 1. The molecule has 0 radical (unpaired) electrons. The molecule has 1 N–H and O–H groups in total. The molecule has 1 aromatic rings. The summed E-state index contributed by atoms with van der Waals surface area (Å²) in [6, 6.07) is 9.97. The molecule has 1 aromatic carbocycles. The van der Waals surface area contributed by atoms with Crippen LogP contribution in [-0.2, 0) is 11.3 Å². The lowest BCUT2D eigenvalue weighted by molar-refractivity contribution is -0.123. The first kappa shape index (κ1) is 17.5. The summed E-state index contributed by atoms with van der Waals surface area (Å²) in [7, 11) is 1.93. The molecule has 0 spiro atoms. The van der Waals surface area contributed by atoms with Crippen molar-refractivity contribution in [2.24, 2.45) is 0 Å². The predicted molar refractivity (Wildman–Crippen MR) is 90.8 cm³/mol. The number of rotatable bonds is 6. The van der Waals surface area contributed by atoms with Crippen molar-refractivity contribution in [1.29, 1.82) is 5.26 Å². The second-order valence-corrected chi connectivity index (χ2v) is 6.26. The molecule has 5 heteroatoms. The summed E-state index contributed by atoms with van der Waals surface area (Å²) in [6.45, 7) is 6.44. The van der Waals surface area contributed by atoms with Gasteiger partial charge in [-0.3, -0.25) is 9.69 Å². The Labute approximate surface area is 138 Å². The Morgan fingerprint density at radius 1 is 1.43 bits per heavy atom. The van der Waals surface area contributed by atoms with Gasteiger partial charge in [-0.2, -0.15) is 5.26 Å². The molecule has 0 atom stereocenters. The van der Waals surface area contributed by atoms with Crippen LogP contribution in [-0.4, -0.2) is 55.0 Å². The molecule has 0 unspecified atom stereocenters. The fourth-order valence-corrected chi connectivity index (χ4v) is 3.02. The first-order valence-corrected chi connectivity index (χ1v) is 8.30. The Hall–Kier alpha value is -1.90. The number of hydrogen-bond donors (Lipinski definition) is 1. The maximum absolute atomic E-state index is 12.2. The molecule has 1 aliphatic heterocycles. The van der Waals surface area contributed by atoms with Crippen molar-refractivity contribution in [3.63, 3.8) is 0 Å². The lowest BCUT2D eigenvalue weighted by atomic mass is 10.1. The summed E-state index contributed by atoms with van der Waals surface area (Å²) in [6.07, 6.45) is 2.07. The van der Waals surface area contributed by atoms with E-state index in [0.717, 1.165) is 38.0 Å². The Bertz CT molecular complexity index is 558. The lowest BCUT2D eigenvalue weighted by Gasteiger charge is -2.31. The fourth-order valence-electron chi connectivity index (χ4n) is 3.02. The third-order valence-electron chi connectivity index (χ3n) is 4.32. The quantitative estimate of drug-likeness (QED) is 0.866. The van der Waals surface area contributed by atoms with Gasteiger partial charge in [0.2, 0.25) is 5.91 Å². The Balaban J connectivity index is 1.75. The van der Waals surface area contributed by atoms with Crippen LogP contribution < -0.4 is 5.32 Å². The predicted octanol–water partition coefficient (Wildman–Crippen LogP) is 1.59. The maximum Gasteiger partial charge on any atom is 0.234 e. The van der Waals surface area contributed by atoms with Gasteiger partial charge in [0.15, 0.2) is 0 Å². The number of hydrogen-bond acceptors (Lipinski definition) is 4. The van der Waals surface area contributed by atoms with Gasteiger partial charge in [-0.1, -0.05) is 19.1 Å². The molecule has 1 saturated heterocycles. The van der Waals surface area contributed by atoms with Crippen LogP contribution in [0.25, 0.3) is 0 Å². The second kappa shape index (κ2) is 8.66. The SMILES string of the molecule is CCN1CCC(NC(=O)CN(C)Cc2cccc(C#N)c2)CC1. The van der Waals surface area contributed by atoms with E-state index in [-0.39, 0.29) is 5.91 Å². The van der Waals surface area contributed by atoms with Crippen LogP contribution in [0.3, 0.4) is 0 Å². The van der Waals surface area contributed by atoms with Gasteiger partial charge < -0.3 is 10.2 Å². The van der Waals surface area contributed by atoms with Crippen LogP contribution >= 0.6 is 0 Å². The number of amides is 1. The second-order valence-electron chi connectivity index (χ2n) is 6.26. The van der Waals surface area contributed by atoms with Crippen molar-refractivity contribution < 1.29 is 4.79 Å². The molecule has 0 bridgehead atoms. The van der Waals surface area contributed by atoms with Crippen molar-refractivity contribution in [1.82, 2.24) is 15.1 Å². The zero-order chi connectivity index (χ0) is 16.7. The summed E-state index contributed by atoms with van der Waals surface area (Å²) >= 11 is 0. The van der Waals surface area contributed by atoms with E-state index in [2.05, 4.69) is 23.2 Å². The van der Waals surface area contributed by atoms with E-state index >= 15 is 0 Å². The van der Waals surface area contributed by atoms with Gasteiger partial charge in [0.25, 0.3) is 0 Å². The minimum Gasteiger partial charge on any atom is -0.352 e. The zero-order valence-electron chi connectivity index (χ0n) is 14.1. The number of nitrogens with zero attached hydrogens (tertiary/aromatic N) is 3. The molecule has 1 fully saturated rings. The first-order chi connectivity index (χ1) is 11.1. The van der Waals surface area contributed by atoms with Gasteiger partial charge in [0.05, 0.1) is 18.2 Å². The third kappa shape index (κ3) is 5.66. The number of carbonyl (C=O) groups excluding carboxylic acids is 1. The molecule has 0 aliphatic carbocycles. The molecular formula is C18H26N4O. The summed E-state index contributed by atoms with van der Waals surface area (Å²) in [4.78, 5) is 16.6. The van der Waals surface area contributed by atoms with Crippen LogP contribution in [0.2, 0.25) is 0 Å². The standard InChI is InChI=1S/C18H26N4O/c1-3-22-9-7-17(8-10-22)20-18(23)14-21(2)13-16-6-4-5-15(11-16)12-19/h4-6,11,17H,3,7-10,13-14H2,1-2H3,(H,20,23). The van der Waals surface area contributed by atoms with Crippen molar-refractivity contribution in [2.75, 3.05) is 33.2 Å². The van der Waals surface area contributed by atoms with E-state index in [1.54, 1.807) is 6.07 Å². The number of likely N-dealkylation sites (tertiary alicyclic amines) is 1. The van der Waals surface area contributed by atoms with E-state index < -0.39 is 0 Å². The van der Waals surface area contributed by atoms with Gasteiger partial charge in [-0.25, -0.2) is 0 Å². The van der Waals surface area contributed by atoms with Gasteiger partial charge in [0.1, 0.15) is 0 Å². The van der Waals surface area contributed by atoms with E-state index in [4.69, 9.17) is 5.26 Å². The minimum atomic E-state index is 0.0823. The van der Waals surface area contributed by atoms with E-state index in [1.807, 2.05) is 30.1 Å². The highest BCUT2D eigenvalue weighted by Crippen LogP contribution is 2.10. The Kier molecular flexibility index (Phi) is 6.57. The molecule has 1 amide bonds. The summed E-state index contributed by atoms with van der Waals surface area (Å²) < 4.78 is 0. The first-order valence-electron chi connectivity index (χ1n) is 8.30. The number of carbonyl (C=O) groups is 1. The van der Waals surface area contributed by atoms with Crippen molar-refractivity contribution >= 4 is 5.91 Å². The Morgan fingerprint density at radius 3 is 2.83 bits per heavy atom. The van der Waals surface area contributed by atoms with E-state index in [1.165, 1.54) is 0 Å². The molecule has 5 nitrogen and oxygen atoms in total. The van der Waals surface area contributed by atoms with Crippen LogP contribution in [0.4, 0.5) is 0 Å². The number of nitriles is 1. The van der Waals surface area contributed by atoms with Crippen molar-refractivity contribution in [3.05, 3.63) is 35.4 Å². The van der Waals surface area contributed by atoms with Gasteiger partial charge in [-0.05, 0) is 44.1 Å². The van der Waals surface area contributed by atoms with Crippen molar-refractivity contribution in [3.8, 4) is 6.07 Å². The molecule has 1 heterocycles. The van der Waals surface area contributed by atoms with Gasteiger partial charge in [-0.15, -0.1) is 0 Å². The molecular weight excluding hydrogens is 288 g/mol. The fraction of sp³-hybridized carbons (Fsp3) is 0.556. The summed E-state index contributed by atoms with van der Waals surface area (Å²) in [5.74, 6) is 0.0823. The third-order valence-corrected chi connectivity index (χ3v) is 4.32. The average Bonchev–Trinajstić information content (AvgIpc) is 2.55. The lowest BCUT2D eigenvalue weighted by Crippen LogP contribution is -2.46. The molecule has 124 valence electrons. The monoisotopic (exact) mass is 314 g/mol. The molecule has 2 rings (SSSR count). The number of piperidine rings is 1. The molecule has 0 aromatic heterocycles. The topological polar surface area (TPSA) is 59.4 Å². The van der Waals surface area contributed by atoms with Crippen LogP contribution in [0.1, 0.15) is 30.9 Å². The maximum atomic E-state index is 12.2. The number of benzene rings is 1. The van der Waals surface area contributed by atoms with E-state index in [0.29, 0.717) is 24.7 Å². The van der Waals surface area contributed by atoms with Crippen LogP contribution in [0, 0.1) is 11.3 Å². The van der Waals surface area contributed by atoms with Gasteiger partial charge >= 0.3 is 0 Å².